The molecule has 0 aliphatic heterocycles. The highest BCUT2D eigenvalue weighted by atomic mass is 16.5. The standard InChI is InChI=1S/C14H14N4O/c1-15-13-6-7-18-9-12(16-14(18)17-13)10-4-3-5-11(8-10)19-2/h3-9H,1-2H3,(H,15,16,17). The van der Waals surface area contributed by atoms with Crippen molar-refractivity contribution in [1.82, 2.24) is 14.4 Å². The lowest BCUT2D eigenvalue weighted by Gasteiger charge is -2.00. The predicted molar refractivity (Wildman–Crippen MR) is 74.5 cm³/mol. The van der Waals surface area contributed by atoms with E-state index < -0.39 is 0 Å². The minimum atomic E-state index is 0.671. The van der Waals surface area contributed by atoms with Gasteiger partial charge in [0.05, 0.1) is 12.8 Å². The monoisotopic (exact) mass is 254 g/mol. The summed E-state index contributed by atoms with van der Waals surface area (Å²) in [5.41, 5.74) is 1.88. The van der Waals surface area contributed by atoms with Crippen LogP contribution in [0.5, 0.6) is 5.75 Å². The molecule has 0 saturated carbocycles. The summed E-state index contributed by atoms with van der Waals surface area (Å²) in [5.74, 6) is 2.29. The Balaban J connectivity index is 2.09. The van der Waals surface area contributed by atoms with Gasteiger partial charge >= 0.3 is 0 Å². The Morgan fingerprint density at radius 1 is 1.21 bits per heavy atom. The van der Waals surface area contributed by atoms with Crippen LogP contribution in [0.3, 0.4) is 0 Å². The molecule has 0 bridgehead atoms. The molecule has 0 amide bonds. The van der Waals surface area contributed by atoms with E-state index in [2.05, 4.69) is 15.3 Å². The molecular weight excluding hydrogens is 240 g/mol. The van der Waals surface area contributed by atoms with Gasteiger partial charge < -0.3 is 10.1 Å². The van der Waals surface area contributed by atoms with Crippen LogP contribution in [0.25, 0.3) is 17.0 Å². The fraction of sp³-hybridized carbons (Fsp3) is 0.143. The maximum atomic E-state index is 5.23. The van der Waals surface area contributed by atoms with Crippen molar-refractivity contribution in [3.8, 4) is 17.0 Å². The number of methoxy groups -OCH3 is 1. The number of hydrogen-bond acceptors (Lipinski definition) is 4. The summed E-state index contributed by atoms with van der Waals surface area (Å²) in [5, 5.41) is 3.00. The molecule has 19 heavy (non-hydrogen) atoms. The Hall–Kier alpha value is -2.56. The van der Waals surface area contributed by atoms with E-state index in [9.17, 15) is 0 Å². The number of aromatic nitrogens is 3. The third kappa shape index (κ3) is 2.10. The van der Waals surface area contributed by atoms with Gasteiger partial charge in [-0.2, -0.15) is 4.98 Å². The summed E-state index contributed by atoms with van der Waals surface area (Å²) in [6.07, 6.45) is 3.89. The summed E-state index contributed by atoms with van der Waals surface area (Å²) >= 11 is 0. The smallest absolute Gasteiger partial charge is 0.236 e. The largest absolute Gasteiger partial charge is 0.497 e. The minimum Gasteiger partial charge on any atom is -0.497 e. The van der Waals surface area contributed by atoms with Crippen LogP contribution in [-0.4, -0.2) is 28.5 Å². The Labute approximate surface area is 110 Å². The summed E-state index contributed by atoms with van der Waals surface area (Å²) in [6.45, 7) is 0. The number of rotatable bonds is 3. The molecule has 0 spiro atoms. The predicted octanol–water partition coefficient (Wildman–Crippen LogP) is 2.45. The lowest BCUT2D eigenvalue weighted by molar-refractivity contribution is 0.415. The average molecular weight is 254 g/mol. The van der Waals surface area contributed by atoms with Crippen LogP contribution in [0, 0.1) is 0 Å². The van der Waals surface area contributed by atoms with Crippen LogP contribution in [0.1, 0.15) is 0 Å². The van der Waals surface area contributed by atoms with Gasteiger partial charge in [-0.15, -0.1) is 0 Å². The van der Waals surface area contributed by atoms with E-state index in [1.54, 1.807) is 7.11 Å². The quantitative estimate of drug-likeness (QED) is 0.780. The average Bonchev–Trinajstić information content (AvgIpc) is 2.90. The summed E-state index contributed by atoms with van der Waals surface area (Å²) in [6, 6.07) is 9.73. The van der Waals surface area contributed by atoms with E-state index in [1.165, 1.54) is 0 Å². The van der Waals surface area contributed by atoms with Crippen molar-refractivity contribution >= 4 is 11.6 Å². The molecule has 5 nitrogen and oxygen atoms in total. The van der Waals surface area contributed by atoms with E-state index in [1.807, 2.05) is 54.2 Å². The number of nitrogens with one attached hydrogen (secondary N) is 1. The Morgan fingerprint density at radius 2 is 2.11 bits per heavy atom. The van der Waals surface area contributed by atoms with Gasteiger partial charge in [-0.3, -0.25) is 4.40 Å². The molecule has 0 aliphatic rings. The molecule has 5 heteroatoms. The van der Waals surface area contributed by atoms with Crippen molar-refractivity contribution < 1.29 is 4.74 Å². The molecule has 0 unspecified atom stereocenters. The molecule has 0 aliphatic carbocycles. The van der Waals surface area contributed by atoms with Crippen LogP contribution in [0.4, 0.5) is 5.82 Å². The summed E-state index contributed by atoms with van der Waals surface area (Å²) in [4.78, 5) is 8.92. The van der Waals surface area contributed by atoms with E-state index in [0.29, 0.717) is 5.78 Å². The molecule has 3 aromatic rings. The van der Waals surface area contributed by atoms with E-state index >= 15 is 0 Å². The number of imidazole rings is 1. The summed E-state index contributed by atoms with van der Waals surface area (Å²) < 4.78 is 7.13. The fourth-order valence-electron chi connectivity index (χ4n) is 1.93. The summed E-state index contributed by atoms with van der Waals surface area (Å²) in [7, 11) is 3.49. The lowest BCUT2D eigenvalue weighted by atomic mass is 10.1. The maximum absolute atomic E-state index is 5.23. The Bertz CT molecular complexity index is 720. The molecule has 2 heterocycles. The van der Waals surface area contributed by atoms with E-state index in [4.69, 9.17) is 4.74 Å². The molecule has 0 fully saturated rings. The second-order valence-electron chi connectivity index (χ2n) is 4.13. The van der Waals surface area contributed by atoms with Crippen molar-refractivity contribution in [2.45, 2.75) is 0 Å². The first-order valence-electron chi connectivity index (χ1n) is 5.98. The molecule has 2 aromatic heterocycles. The fourth-order valence-corrected chi connectivity index (χ4v) is 1.93. The van der Waals surface area contributed by atoms with Crippen molar-refractivity contribution in [1.29, 1.82) is 0 Å². The van der Waals surface area contributed by atoms with Gasteiger partial charge in [0.2, 0.25) is 5.78 Å². The van der Waals surface area contributed by atoms with Gasteiger partial charge in [0.15, 0.2) is 0 Å². The minimum absolute atomic E-state index is 0.671. The zero-order valence-corrected chi connectivity index (χ0v) is 10.8. The van der Waals surface area contributed by atoms with Crippen molar-refractivity contribution in [2.24, 2.45) is 0 Å². The molecule has 0 atom stereocenters. The number of benzene rings is 1. The van der Waals surface area contributed by atoms with Gasteiger partial charge in [0.25, 0.3) is 0 Å². The first-order chi connectivity index (χ1) is 9.30. The topological polar surface area (TPSA) is 51.5 Å². The van der Waals surface area contributed by atoms with Crippen molar-refractivity contribution in [3.63, 3.8) is 0 Å². The maximum Gasteiger partial charge on any atom is 0.236 e. The van der Waals surface area contributed by atoms with Crippen molar-refractivity contribution in [2.75, 3.05) is 19.5 Å². The normalized spacial score (nSPS) is 10.6. The van der Waals surface area contributed by atoms with Gasteiger partial charge in [-0.25, -0.2) is 4.98 Å². The number of anilines is 1. The molecule has 1 N–H and O–H groups in total. The molecule has 96 valence electrons. The zero-order valence-electron chi connectivity index (χ0n) is 10.8. The van der Waals surface area contributed by atoms with E-state index in [-0.39, 0.29) is 0 Å². The second kappa shape index (κ2) is 4.61. The third-order valence-corrected chi connectivity index (χ3v) is 2.95. The van der Waals surface area contributed by atoms with Crippen molar-refractivity contribution in [3.05, 3.63) is 42.7 Å². The van der Waals surface area contributed by atoms with Crippen LogP contribution in [0.15, 0.2) is 42.7 Å². The van der Waals surface area contributed by atoms with Gasteiger partial charge in [0.1, 0.15) is 11.6 Å². The lowest BCUT2D eigenvalue weighted by Crippen LogP contribution is -1.94. The van der Waals surface area contributed by atoms with Gasteiger partial charge in [-0.05, 0) is 18.2 Å². The first kappa shape index (κ1) is 11.5. The van der Waals surface area contributed by atoms with Crippen LogP contribution < -0.4 is 10.1 Å². The molecule has 1 aromatic carbocycles. The van der Waals surface area contributed by atoms with Crippen LogP contribution in [0.2, 0.25) is 0 Å². The molecule has 0 saturated heterocycles. The number of nitrogens with zero attached hydrogens (tertiary/aromatic N) is 3. The van der Waals surface area contributed by atoms with Gasteiger partial charge in [0, 0.05) is 25.0 Å². The number of ether oxygens (including phenoxy) is 1. The highest BCUT2D eigenvalue weighted by molar-refractivity contribution is 5.63. The highest BCUT2D eigenvalue weighted by Gasteiger charge is 2.06. The second-order valence-corrected chi connectivity index (χ2v) is 4.13. The zero-order chi connectivity index (χ0) is 13.2. The van der Waals surface area contributed by atoms with Crippen LogP contribution >= 0.6 is 0 Å². The third-order valence-electron chi connectivity index (χ3n) is 2.95. The Kier molecular flexibility index (Phi) is 2.79. The van der Waals surface area contributed by atoms with Gasteiger partial charge in [-0.1, -0.05) is 12.1 Å². The molecular formula is C14H14N4O. The van der Waals surface area contributed by atoms with E-state index in [0.717, 1.165) is 22.8 Å². The van der Waals surface area contributed by atoms with Crippen LogP contribution in [-0.2, 0) is 0 Å². The SMILES string of the molecule is CNc1ccn2cc(-c3cccc(OC)c3)nc2n1. The number of hydrogen-bond donors (Lipinski definition) is 1. The molecule has 0 radical (unpaired) electrons. The first-order valence-corrected chi connectivity index (χ1v) is 5.98. The molecule has 3 rings (SSSR count). The number of fused-ring (bicyclic) bond motifs is 1. The highest BCUT2D eigenvalue weighted by Crippen LogP contribution is 2.23. The Morgan fingerprint density at radius 3 is 2.89 bits per heavy atom.